The van der Waals surface area contributed by atoms with Gasteiger partial charge in [0.2, 0.25) is 0 Å². The molecule has 7 nitrogen and oxygen atoms in total. The number of carbonyl (C=O) groups excluding carboxylic acids is 3. The first-order valence-electron chi connectivity index (χ1n) is 16.6. The zero-order valence-electron chi connectivity index (χ0n) is 27.9. The highest BCUT2D eigenvalue weighted by atomic mass is 16.6. The number of amides is 1. The number of rotatable bonds is 3. The fourth-order valence-corrected chi connectivity index (χ4v) is 10.9. The molecule has 45 heavy (non-hydrogen) atoms. The van der Waals surface area contributed by atoms with Crippen LogP contribution in [0.15, 0.2) is 53.6 Å². The monoisotopic (exact) mass is 612 g/mol. The first-order valence-corrected chi connectivity index (χ1v) is 16.6. The van der Waals surface area contributed by atoms with Crippen LogP contribution in [-0.4, -0.2) is 34.9 Å². The number of nitrogens with zero attached hydrogens (tertiary/aromatic N) is 1. The Labute approximate surface area is 267 Å². The molecule has 1 aromatic rings. The van der Waals surface area contributed by atoms with E-state index < -0.39 is 33.4 Å². The van der Waals surface area contributed by atoms with E-state index in [0.29, 0.717) is 25.1 Å². The number of benzene rings is 1. The van der Waals surface area contributed by atoms with Crippen LogP contribution in [0.2, 0.25) is 0 Å². The lowest BCUT2D eigenvalue weighted by atomic mass is 9.33. The number of ether oxygens (including phenoxy) is 1. The molecule has 6 rings (SSSR count). The highest BCUT2D eigenvalue weighted by Crippen LogP contribution is 2.75. The molecular weight excluding hydrogens is 564 g/mol. The predicted octanol–water partition coefficient (Wildman–Crippen LogP) is 7.11. The summed E-state index contributed by atoms with van der Waals surface area (Å²) in [6, 6.07) is 11.1. The summed E-state index contributed by atoms with van der Waals surface area (Å²) in [7, 11) is 0. The second kappa shape index (κ2) is 9.88. The van der Waals surface area contributed by atoms with Crippen molar-refractivity contribution in [2.45, 2.75) is 99.0 Å². The van der Waals surface area contributed by atoms with E-state index in [9.17, 15) is 24.8 Å². The Balaban J connectivity index is 1.36. The lowest BCUT2D eigenvalue weighted by Gasteiger charge is -2.71. The summed E-state index contributed by atoms with van der Waals surface area (Å²) in [5.74, 6) is -0.250. The van der Waals surface area contributed by atoms with Crippen LogP contribution in [0, 0.1) is 55.7 Å². The lowest BCUT2D eigenvalue weighted by molar-refractivity contribution is -0.243. The molecule has 0 saturated heterocycles. The van der Waals surface area contributed by atoms with E-state index in [2.05, 4.69) is 46.0 Å². The quantitative estimate of drug-likeness (QED) is 0.376. The summed E-state index contributed by atoms with van der Waals surface area (Å²) in [5.41, 5.74) is -3.66. The summed E-state index contributed by atoms with van der Waals surface area (Å²) in [6.07, 6.45) is 8.51. The number of nitriles is 1. The van der Waals surface area contributed by atoms with Gasteiger partial charge in [-0.3, -0.25) is 9.59 Å². The molecule has 5 aliphatic carbocycles. The number of allylic oxidation sites excluding steroid dienone is 3. The maximum absolute atomic E-state index is 14.7. The van der Waals surface area contributed by atoms with Crippen LogP contribution in [0.4, 0.5) is 4.79 Å². The molecule has 240 valence electrons. The molecule has 0 radical (unpaired) electrons. The Hall–Kier alpha value is -3.24. The molecule has 8 atom stereocenters. The number of hydrogen-bond donors (Lipinski definition) is 2. The maximum atomic E-state index is 14.7. The van der Waals surface area contributed by atoms with E-state index in [1.54, 1.807) is 18.2 Å². The Bertz CT molecular complexity index is 1570. The van der Waals surface area contributed by atoms with Crippen LogP contribution < -0.4 is 10.1 Å². The van der Waals surface area contributed by atoms with Gasteiger partial charge in [-0.2, -0.15) is 5.26 Å². The van der Waals surface area contributed by atoms with Crippen molar-refractivity contribution in [1.82, 2.24) is 5.32 Å². The fraction of sp³-hybridized carbons (Fsp3) is 0.632. The number of carbonyl (C=O) groups is 3. The molecular formula is C38H48N2O5. The zero-order chi connectivity index (χ0) is 32.8. The van der Waals surface area contributed by atoms with Gasteiger partial charge in [-0.15, -0.1) is 0 Å². The molecule has 0 aromatic heterocycles. The van der Waals surface area contributed by atoms with Gasteiger partial charge in [0.15, 0.2) is 11.6 Å². The van der Waals surface area contributed by atoms with Crippen molar-refractivity contribution >= 4 is 17.7 Å². The molecule has 1 amide bonds. The first-order chi connectivity index (χ1) is 20.9. The van der Waals surface area contributed by atoms with Crippen molar-refractivity contribution < 1.29 is 24.2 Å². The highest BCUT2D eigenvalue weighted by molar-refractivity contribution is 6.05. The Morgan fingerprint density at radius 3 is 2.31 bits per heavy atom. The molecule has 0 heterocycles. The third-order valence-corrected chi connectivity index (χ3v) is 14.0. The number of fused-ring (bicyclic) bond motifs is 7. The largest absolute Gasteiger partial charge is 0.412 e. The highest BCUT2D eigenvalue weighted by Gasteiger charge is 2.75. The average Bonchev–Trinajstić information content (AvgIpc) is 2.99. The van der Waals surface area contributed by atoms with Crippen molar-refractivity contribution in [3.05, 3.63) is 53.6 Å². The normalized spacial score (nSPS) is 43.3. The van der Waals surface area contributed by atoms with Crippen molar-refractivity contribution in [3.8, 4) is 11.8 Å². The Kier molecular flexibility index (Phi) is 6.97. The number of Topliss-reactive ketones (excluding diaryl/α,β-unsaturated/α-hetero) is 1. The molecule has 0 bridgehead atoms. The van der Waals surface area contributed by atoms with E-state index in [1.807, 2.05) is 38.1 Å². The zero-order valence-corrected chi connectivity index (χ0v) is 27.9. The predicted molar refractivity (Wildman–Crippen MR) is 171 cm³/mol. The van der Waals surface area contributed by atoms with E-state index in [0.717, 1.165) is 37.7 Å². The second-order valence-corrected chi connectivity index (χ2v) is 16.7. The molecule has 7 heteroatoms. The molecule has 3 saturated carbocycles. The van der Waals surface area contributed by atoms with Crippen LogP contribution in [0.1, 0.15) is 93.4 Å². The summed E-state index contributed by atoms with van der Waals surface area (Å²) in [5, 5.41) is 26.0. The topological polar surface area (TPSA) is 116 Å². The molecule has 3 fully saturated rings. The standard InChI is InChI=1S/C38H48N2O5/c1-32(2)26-13-14-36(6)27(35(26,5)20-24(22-39)30(32)42)19-29(41)38(44)28-21-33(3,15-16-34(28,4)17-18-37(36,38)7)23-40-31(43)45-25-11-9-8-10-12-25/h8-12,19-20,26,28,44H,13-18,21,23H2,1-7H3,(H,40,43)/t26-,28+,33-,34+,35-,36+,37-,38+/m0/s1. The van der Waals surface area contributed by atoms with Crippen molar-refractivity contribution in [2.75, 3.05) is 6.54 Å². The van der Waals surface area contributed by atoms with Gasteiger partial charge in [0.1, 0.15) is 17.4 Å². The van der Waals surface area contributed by atoms with Gasteiger partial charge in [0.25, 0.3) is 0 Å². The van der Waals surface area contributed by atoms with Crippen LogP contribution >= 0.6 is 0 Å². The van der Waals surface area contributed by atoms with E-state index in [-0.39, 0.29) is 39.8 Å². The number of aliphatic hydroxyl groups is 1. The lowest BCUT2D eigenvalue weighted by Crippen LogP contribution is -2.74. The summed E-state index contributed by atoms with van der Waals surface area (Å²) < 4.78 is 5.47. The minimum Gasteiger partial charge on any atom is -0.410 e. The van der Waals surface area contributed by atoms with Crippen LogP contribution in [0.3, 0.4) is 0 Å². The van der Waals surface area contributed by atoms with Crippen LogP contribution in [0.25, 0.3) is 0 Å². The summed E-state index contributed by atoms with van der Waals surface area (Å²) in [4.78, 5) is 40.7. The number of hydrogen-bond acceptors (Lipinski definition) is 6. The Morgan fingerprint density at radius 2 is 1.64 bits per heavy atom. The van der Waals surface area contributed by atoms with Gasteiger partial charge in [0.05, 0.1) is 5.57 Å². The number of ketones is 2. The van der Waals surface area contributed by atoms with E-state index in [1.165, 1.54) is 0 Å². The second-order valence-electron chi connectivity index (χ2n) is 16.7. The SMILES string of the molecule is CC1(C)C(=O)C(C#N)=C[C@]2(C)C3=CC(=O)[C@]4(O)[C@@H]5C[C@@](C)(CNC(=O)Oc6ccccc6)CC[C@]5(C)CC[C@@]4(C)[C@]3(C)CC[C@@H]12. The van der Waals surface area contributed by atoms with Crippen LogP contribution in [0.5, 0.6) is 5.75 Å². The summed E-state index contributed by atoms with van der Waals surface area (Å²) >= 11 is 0. The van der Waals surface area contributed by atoms with Crippen molar-refractivity contribution in [1.29, 1.82) is 5.26 Å². The maximum Gasteiger partial charge on any atom is 0.412 e. The average molecular weight is 613 g/mol. The number of para-hydroxylation sites is 1. The van der Waals surface area contributed by atoms with Gasteiger partial charge in [0, 0.05) is 28.7 Å². The van der Waals surface area contributed by atoms with Crippen LogP contribution in [-0.2, 0) is 9.59 Å². The first kappa shape index (κ1) is 31.7. The molecule has 0 unspecified atom stereocenters. The van der Waals surface area contributed by atoms with E-state index >= 15 is 0 Å². The third kappa shape index (κ3) is 4.20. The number of nitrogens with one attached hydrogen (secondary N) is 1. The summed E-state index contributed by atoms with van der Waals surface area (Å²) in [6.45, 7) is 15.1. The third-order valence-electron chi connectivity index (χ3n) is 14.0. The van der Waals surface area contributed by atoms with Crippen molar-refractivity contribution in [3.63, 3.8) is 0 Å². The fourth-order valence-electron chi connectivity index (χ4n) is 10.9. The van der Waals surface area contributed by atoms with E-state index in [4.69, 9.17) is 4.74 Å². The molecule has 2 N–H and O–H groups in total. The Morgan fingerprint density at radius 1 is 0.978 bits per heavy atom. The van der Waals surface area contributed by atoms with Crippen molar-refractivity contribution in [2.24, 2.45) is 44.3 Å². The van der Waals surface area contributed by atoms with Gasteiger partial charge < -0.3 is 15.2 Å². The molecule has 0 spiro atoms. The molecule has 5 aliphatic rings. The van der Waals surface area contributed by atoms with Gasteiger partial charge in [-0.1, -0.05) is 72.7 Å². The smallest absolute Gasteiger partial charge is 0.410 e. The van der Waals surface area contributed by atoms with Gasteiger partial charge in [-0.05, 0) is 90.9 Å². The van der Waals surface area contributed by atoms with Gasteiger partial charge >= 0.3 is 6.09 Å². The minimum atomic E-state index is -1.59. The van der Waals surface area contributed by atoms with Gasteiger partial charge in [-0.25, -0.2) is 4.79 Å². The minimum absolute atomic E-state index is 0.0509. The molecule has 0 aliphatic heterocycles. The molecule has 1 aromatic carbocycles.